The van der Waals surface area contributed by atoms with Crippen molar-refractivity contribution < 1.29 is 14.6 Å². The first-order valence-electron chi connectivity index (χ1n) is 9.14. The average molecular weight is 320 g/mol. The van der Waals surface area contributed by atoms with Gasteiger partial charge in [-0.3, -0.25) is 4.79 Å². The number of hydrogen-bond acceptors (Lipinski definition) is 3. The van der Waals surface area contributed by atoms with Crippen molar-refractivity contribution in [3.05, 3.63) is 12.7 Å². The second-order valence-electron chi connectivity index (χ2n) is 9.10. The third-order valence-corrected chi connectivity index (χ3v) is 7.57. The van der Waals surface area contributed by atoms with E-state index in [9.17, 15) is 9.90 Å². The van der Waals surface area contributed by atoms with Crippen LogP contribution in [0.3, 0.4) is 0 Å². The number of hydrogen-bond donors (Lipinski definition) is 1. The number of aliphatic hydroxyl groups is 1. The van der Waals surface area contributed by atoms with Gasteiger partial charge in [-0.2, -0.15) is 0 Å². The van der Waals surface area contributed by atoms with Gasteiger partial charge >= 0.3 is 0 Å². The van der Waals surface area contributed by atoms with Crippen molar-refractivity contribution in [2.45, 2.75) is 77.4 Å². The molecule has 0 radical (unpaired) electrons. The Morgan fingerprint density at radius 1 is 1.26 bits per heavy atom. The fraction of sp³-hybridized carbons (Fsp3) is 0.850. The van der Waals surface area contributed by atoms with Crippen molar-refractivity contribution in [1.82, 2.24) is 0 Å². The molecule has 1 heterocycles. The molecule has 0 aromatic rings. The number of carbonyl (C=O) groups is 1. The molecule has 6 unspecified atom stereocenters. The molecule has 2 saturated carbocycles. The molecule has 1 saturated heterocycles. The van der Waals surface area contributed by atoms with Gasteiger partial charge in [0.25, 0.3) is 0 Å². The largest absolute Gasteiger partial charge is 0.396 e. The molecule has 0 aromatic carbocycles. The summed E-state index contributed by atoms with van der Waals surface area (Å²) < 4.78 is 6.75. The van der Waals surface area contributed by atoms with Gasteiger partial charge in [-0.25, -0.2) is 0 Å². The standard InChI is InChI=1S/C20H32O3/c1-6-18(4)10-11-20(23-18)14(2)12-15(22)16-17(3,13-21)8-7-9-19(16,20)5/h6,14,16,21H,1,7-13H2,2-5H3. The zero-order chi connectivity index (χ0) is 17.1. The summed E-state index contributed by atoms with van der Waals surface area (Å²) in [6, 6.07) is 0. The molecule has 1 N–H and O–H groups in total. The summed E-state index contributed by atoms with van der Waals surface area (Å²) in [4.78, 5) is 13.0. The number of aliphatic hydroxyl groups excluding tert-OH is 1. The van der Waals surface area contributed by atoms with E-state index in [1.807, 2.05) is 6.08 Å². The van der Waals surface area contributed by atoms with Crippen LogP contribution in [0.1, 0.15) is 66.2 Å². The van der Waals surface area contributed by atoms with Crippen LogP contribution in [0.15, 0.2) is 12.7 Å². The third kappa shape index (κ3) is 2.12. The lowest BCUT2D eigenvalue weighted by Gasteiger charge is -2.63. The van der Waals surface area contributed by atoms with E-state index in [1.165, 1.54) is 0 Å². The lowest BCUT2D eigenvalue weighted by Crippen LogP contribution is -2.66. The molecule has 0 aromatic heterocycles. The third-order valence-electron chi connectivity index (χ3n) is 7.57. The normalized spacial score (nSPS) is 53.3. The highest BCUT2D eigenvalue weighted by Gasteiger charge is 2.68. The molecule has 2 aliphatic carbocycles. The maximum absolute atomic E-state index is 13.0. The predicted molar refractivity (Wildman–Crippen MR) is 91.1 cm³/mol. The first-order valence-corrected chi connectivity index (χ1v) is 9.14. The Labute approximate surface area is 140 Å². The van der Waals surface area contributed by atoms with Gasteiger partial charge in [0.05, 0.1) is 11.2 Å². The molecule has 6 atom stereocenters. The smallest absolute Gasteiger partial charge is 0.137 e. The summed E-state index contributed by atoms with van der Waals surface area (Å²) in [5, 5.41) is 10.1. The molecule has 3 aliphatic rings. The van der Waals surface area contributed by atoms with Crippen molar-refractivity contribution in [3.63, 3.8) is 0 Å². The van der Waals surface area contributed by atoms with Crippen molar-refractivity contribution in [1.29, 1.82) is 0 Å². The number of carbonyl (C=O) groups excluding carboxylic acids is 1. The molecule has 130 valence electrons. The van der Waals surface area contributed by atoms with Gasteiger partial charge in [-0.15, -0.1) is 6.58 Å². The van der Waals surface area contributed by atoms with Crippen molar-refractivity contribution >= 4 is 5.78 Å². The van der Waals surface area contributed by atoms with Crippen LogP contribution in [0.4, 0.5) is 0 Å². The Balaban J connectivity index is 2.10. The van der Waals surface area contributed by atoms with Crippen LogP contribution >= 0.6 is 0 Å². The van der Waals surface area contributed by atoms with Crippen LogP contribution in [-0.4, -0.2) is 28.7 Å². The number of ketones is 1. The van der Waals surface area contributed by atoms with Crippen LogP contribution in [-0.2, 0) is 9.53 Å². The highest BCUT2D eigenvalue weighted by Crippen LogP contribution is 2.66. The van der Waals surface area contributed by atoms with Gasteiger partial charge in [-0.05, 0) is 38.5 Å². The van der Waals surface area contributed by atoms with E-state index < -0.39 is 0 Å². The first-order chi connectivity index (χ1) is 10.7. The Kier molecular flexibility index (Phi) is 3.85. The lowest BCUT2D eigenvalue weighted by atomic mass is 9.44. The highest BCUT2D eigenvalue weighted by atomic mass is 16.5. The molecular formula is C20H32O3. The van der Waals surface area contributed by atoms with Crippen LogP contribution < -0.4 is 0 Å². The van der Waals surface area contributed by atoms with Crippen molar-refractivity contribution in [2.75, 3.05) is 6.61 Å². The Morgan fingerprint density at radius 2 is 1.96 bits per heavy atom. The number of rotatable bonds is 2. The minimum atomic E-state index is -0.312. The quantitative estimate of drug-likeness (QED) is 0.785. The van der Waals surface area contributed by atoms with E-state index in [-0.39, 0.29) is 40.5 Å². The molecule has 23 heavy (non-hydrogen) atoms. The van der Waals surface area contributed by atoms with E-state index in [4.69, 9.17) is 4.74 Å². The first kappa shape index (κ1) is 17.2. The highest BCUT2D eigenvalue weighted by molar-refractivity contribution is 5.84. The minimum Gasteiger partial charge on any atom is -0.396 e. The summed E-state index contributed by atoms with van der Waals surface area (Å²) in [5.74, 6) is 0.453. The number of ether oxygens (including phenoxy) is 1. The zero-order valence-electron chi connectivity index (χ0n) is 15.2. The maximum Gasteiger partial charge on any atom is 0.137 e. The Bertz CT molecular complexity index is 529. The molecule has 3 rings (SSSR count). The number of Topliss-reactive ketones (excluding diaryl/α,β-unsaturated/α-hetero) is 1. The predicted octanol–water partition coefficient (Wildman–Crippen LogP) is 3.89. The monoisotopic (exact) mass is 320 g/mol. The average Bonchev–Trinajstić information content (AvgIpc) is 2.86. The molecule has 1 spiro atoms. The van der Waals surface area contributed by atoms with E-state index >= 15 is 0 Å². The molecule has 0 bridgehead atoms. The Hall–Kier alpha value is -0.670. The van der Waals surface area contributed by atoms with Gasteiger partial charge in [0.15, 0.2) is 0 Å². The summed E-state index contributed by atoms with van der Waals surface area (Å²) >= 11 is 0. The maximum atomic E-state index is 13.0. The summed E-state index contributed by atoms with van der Waals surface area (Å²) in [7, 11) is 0. The minimum absolute atomic E-state index is 0.0855. The molecular weight excluding hydrogens is 288 g/mol. The van der Waals surface area contributed by atoms with Gasteiger partial charge in [0, 0.05) is 29.8 Å². The summed E-state index contributed by atoms with van der Waals surface area (Å²) in [5.41, 5.74) is -1.08. The molecule has 3 fully saturated rings. The van der Waals surface area contributed by atoms with Gasteiger partial charge in [-0.1, -0.05) is 33.3 Å². The van der Waals surface area contributed by atoms with E-state index in [1.54, 1.807) is 0 Å². The van der Waals surface area contributed by atoms with Crippen LogP contribution in [0.25, 0.3) is 0 Å². The second-order valence-corrected chi connectivity index (χ2v) is 9.10. The fourth-order valence-corrected chi connectivity index (χ4v) is 6.28. The topological polar surface area (TPSA) is 46.5 Å². The Morgan fingerprint density at radius 3 is 2.52 bits per heavy atom. The van der Waals surface area contributed by atoms with E-state index in [2.05, 4.69) is 34.3 Å². The molecule has 1 aliphatic heterocycles. The second kappa shape index (κ2) is 5.16. The van der Waals surface area contributed by atoms with Gasteiger partial charge < -0.3 is 9.84 Å². The van der Waals surface area contributed by atoms with Crippen molar-refractivity contribution in [3.8, 4) is 0 Å². The van der Waals surface area contributed by atoms with Crippen LogP contribution in [0.5, 0.6) is 0 Å². The van der Waals surface area contributed by atoms with Crippen LogP contribution in [0.2, 0.25) is 0 Å². The summed E-state index contributed by atoms with van der Waals surface area (Å²) in [6.07, 6.45) is 7.45. The van der Waals surface area contributed by atoms with Crippen molar-refractivity contribution in [2.24, 2.45) is 22.7 Å². The van der Waals surface area contributed by atoms with Crippen LogP contribution in [0, 0.1) is 22.7 Å². The molecule has 3 nitrogen and oxygen atoms in total. The number of fused-ring (bicyclic) bond motifs is 2. The molecule has 0 amide bonds. The van der Waals surface area contributed by atoms with E-state index in [0.717, 1.165) is 32.1 Å². The SMILES string of the molecule is C=CC1(C)CCC2(O1)C(C)CC(=O)C1C(C)(CO)CCCC12C. The fourth-order valence-electron chi connectivity index (χ4n) is 6.28. The lowest BCUT2D eigenvalue weighted by molar-refractivity contribution is -0.234. The van der Waals surface area contributed by atoms with Gasteiger partial charge in [0.1, 0.15) is 5.78 Å². The zero-order valence-corrected chi connectivity index (χ0v) is 15.2. The molecule has 3 heteroatoms. The van der Waals surface area contributed by atoms with Gasteiger partial charge in [0.2, 0.25) is 0 Å². The summed E-state index contributed by atoms with van der Waals surface area (Å²) in [6.45, 7) is 12.7. The van der Waals surface area contributed by atoms with E-state index in [0.29, 0.717) is 12.2 Å².